The van der Waals surface area contributed by atoms with Gasteiger partial charge in [-0.3, -0.25) is 9.59 Å². The van der Waals surface area contributed by atoms with Crippen LogP contribution in [0.25, 0.3) is 0 Å². The minimum absolute atomic E-state index is 0.138. The molecule has 0 aliphatic carbocycles. The topological polar surface area (TPSA) is 95.5 Å². The van der Waals surface area contributed by atoms with Gasteiger partial charge in [-0.15, -0.1) is 0 Å². The lowest BCUT2D eigenvalue weighted by molar-refractivity contribution is -0.175. The van der Waals surface area contributed by atoms with Crippen LogP contribution in [0.1, 0.15) is 33.6 Å². The van der Waals surface area contributed by atoms with Crippen LogP contribution in [0.15, 0.2) is 0 Å². The second kappa shape index (κ2) is 7.84. The van der Waals surface area contributed by atoms with Crippen molar-refractivity contribution in [1.82, 2.24) is 10.6 Å². The molecular formula is C12H19F3N2O4. The normalized spacial score (nSPS) is 14.4. The third kappa shape index (κ3) is 6.46. The van der Waals surface area contributed by atoms with E-state index >= 15 is 0 Å². The summed E-state index contributed by atoms with van der Waals surface area (Å²) in [5.74, 6) is -5.11. The molecule has 0 aromatic heterocycles. The van der Waals surface area contributed by atoms with Crippen molar-refractivity contribution in [2.45, 2.75) is 51.9 Å². The Kier molecular flexibility index (Phi) is 7.17. The highest BCUT2D eigenvalue weighted by molar-refractivity contribution is 5.91. The lowest BCUT2D eigenvalue weighted by Gasteiger charge is -2.24. The standard InChI is InChI=1S/C12H19F3N2O4/c1-4-5-7(10(19)20)16-9(18)8(6(2)3)17-11(21)12(13,14)15/h6-8H,4-5H2,1-3H3,(H,16,18)(H,17,21)(H,19,20)/t7?,8-/m0/s1. The number of aliphatic carboxylic acids is 1. The number of carbonyl (C=O) groups is 3. The van der Waals surface area contributed by atoms with Crippen molar-refractivity contribution >= 4 is 17.8 Å². The van der Waals surface area contributed by atoms with Crippen LogP contribution in [0.5, 0.6) is 0 Å². The molecule has 0 heterocycles. The monoisotopic (exact) mass is 312 g/mol. The summed E-state index contributed by atoms with van der Waals surface area (Å²) < 4.78 is 36.6. The van der Waals surface area contributed by atoms with Gasteiger partial charge in [0.2, 0.25) is 5.91 Å². The number of carbonyl (C=O) groups excluding carboxylic acids is 2. The van der Waals surface area contributed by atoms with E-state index in [1.807, 2.05) is 0 Å². The smallest absolute Gasteiger partial charge is 0.471 e. The number of carboxylic acid groups (broad SMARTS) is 1. The molecule has 21 heavy (non-hydrogen) atoms. The van der Waals surface area contributed by atoms with Crippen LogP contribution in [0.4, 0.5) is 13.2 Å². The highest BCUT2D eigenvalue weighted by Crippen LogP contribution is 2.16. The van der Waals surface area contributed by atoms with Gasteiger partial charge in [0.15, 0.2) is 0 Å². The fraction of sp³-hybridized carbons (Fsp3) is 0.750. The average molecular weight is 312 g/mol. The third-order valence-corrected chi connectivity index (χ3v) is 2.69. The van der Waals surface area contributed by atoms with Crippen molar-refractivity contribution in [3.63, 3.8) is 0 Å². The molecule has 0 aliphatic rings. The molecule has 0 saturated heterocycles. The maximum Gasteiger partial charge on any atom is 0.471 e. The molecule has 1 unspecified atom stereocenters. The quantitative estimate of drug-likeness (QED) is 0.655. The SMILES string of the molecule is CCCC(NC(=O)[C@@H](NC(=O)C(F)(F)F)C(C)C)C(=O)O. The molecule has 0 fully saturated rings. The summed E-state index contributed by atoms with van der Waals surface area (Å²) in [6.07, 6.45) is -4.50. The van der Waals surface area contributed by atoms with Crippen LogP contribution in [-0.4, -0.2) is 41.2 Å². The first-order valence-corrected chi connectivity index (χ1v) is 6.41. The molecule has 0 spiro atoms. The van der Waals surface area contributed by atoms with E-state index in [0.29, 0.717) is 6.42 Å². The van der Waals surface area contributed by atoms with Crippen LogP contribution >= 0.6 is 0 Å². The Morgan fingerprint density at radius 2 is 1.67 bits per heavy atom. The Morgan fingerprint density at radius 3 is 2.00 bits per heavy atom. The van der Waals surface area contributed by atoms with Crippen LogP contribution in [0, 0.1) is 5.92 Å². The second-order valence-electron chi connectivity index (χ2n) is 4.88. The predicted molar refractivity (Wildman–Crippen MR) is 67.3 cm³/mol. The van der Waals surface area contributed by atoms with Gasteiger partial charge in [-0.05, 0) is 12.3 Å². The van der Waals surface area contributed by atoms with E-state index in [1.54, 1.807) is 12.2 Å². The molecule has 0 aromatic carbocycles. The average Bonchev–Trinajstić information content (AvgIpc) is 2.32. The third-order valence-electron chi connectivity index (χ3n) is 2.69. The Morgan fingerprint density at radius 1 is 1.14 bits per heavy atom. The molecule has 0 rings (SSSR count). The van der Waals surface area contributed by atoms with E-state index < -0.39 is 42.0 Å². The summed E-state index contributed by atoms with van der Waals surface area (Å²) in [4.78, 5) is 33.7. The molecule has 0 bridgehead atoms. The molecule has 0 aromatic rings. The number of nitrogens with one attached hydrogen (secondary N) is 2. The molecular weight excluding hydrogens is 293 g/mol. The fourth-order valence-corrected chi connectivity index (χ4v) is 1.57. The Bertz CT molecular complexity index is 396. The maximum atomic E-state index is 12.2. The first kappa shape index (κ1) is 19.2. The number of hydrogen-bond acceptors (Lipinski definition) is 3. The van der Waals surface area contributed by atoms with Gasteiger partial charge in [-0.25, -0.2) is 4.79 Å². The maximum absolute atomic E-state index is 12.2. The zero-order valence-corrected chi connectivity index (χ0v) is 12.0. The van der Waals surface area contributed by atoms with Gasteiger partial charge >= 0.3 is 18.1 Å². The highest BCUT2D eigenvalue weighted by atomic mass is 19.4. The van der Waals surface area contributed by atoms with Crippen LogP contribution in [0.2, 0.25) is 0 Å². The number of alkyl halides is 3. The predicted octanol–water partition coefficient (Wildman–Crippen LogP) is 1.06. The van der Waals surface area contributed by atoms with E-state index in [1.165, 1.54) is 13.8 Å². The van der Waals surface area contributed by atoms with Crippen molar-refractivity contribution in [2.24, 2.45) is 5.92 Å². The summed E-state index contributed by atoms with van der Waals surface area (Å²) >= 11 is 0. The van der Waals surface area contributed by atoms with Gasteiger partial charge in [0, 0.05) is 0 Å². The summed E-state index contributed by atoms with van der Waals surface area (Å²) in [5, 5.41) is 12.6. The van der Waals surface area contributed by atoms with E-state index in [9.17, 15) is 27.6 Å². The summed E-state index contributed by atoms with van der Waals surface area (Å²) in [6, 6.07) is -2.66. The lowest BCUT2D eigenvalue weighted by atomic mass is 10.0. The number of amides is 2. The van der Waals surface area contributed by atoms with Gasteiger partial charge < -0.3 is 15.7 Å². The zero-order valence-electron chi connectivity index (χ0n) is 12.0. The van der Waals surface area contributed by atoms with Gasteiger partial charge in [-0.2, -0.15) is 13.2 Å². The molecule has 2 atom stereocenters. The van der Waals surface area contributed by atoms with Gasteiger partial charge in [0.25, 0.3) is 0 Å². The van der Waals surface area contributed by atoms with E-state index in [0.717, 1.165) is 0 Å². The van der Waals surface area contributed by atoms with Crippen molar-refractivity contribution < 1.29 is 32.7 Å². The molecule has 2 amide bonds. The molecule has 122 valence electrons. The summed E-state index contributed by atoms with van der Waals surface area (Å²) in [7, 11) is 0. The molecule has 0 radical (unpaired) electrons. The highest BCUT2D eigenvalue weighted by Gasteiger charge is 2.41. The first-order chi connectivity index (χ1) is 9.50. The van der Waals surface area contributed by atoms with Crippen molar-refractivity contribution in [3.05, 3.63) is 0 Å². The van der Waals surface area contributed by atoms with E-state index in [-0.39, 0.29) is 6.42 Å². The van der Waals surface area contributed by atoms with Crippen molar-refractivity contribution in [3.8, 4) is 0 Å². The van der Waals surface area contributed by atoms with Crippen molar-refractivity contribution in [1.29, 1.82) is 0 Å². The van der Waals surface area contributed by atoms with E-state index in [2.05, 4.69) is 5.32 Å². The largest absolute Gasteiger partial charge is 0.480 e. The van der Waals surface area contributed by atoms with Crippen LogP contribution in [0.3, 0.4) is 0 Å². The number of rotatable bonds is 7. The zero-order chi connectivity index (χ0) is 16.8. The van der Waals surface area contributed by atoms with Crippen LogP contribution < -0.4 is 10.6 Å². The molecule has 3 N–H and O–H groups in total. The van der Waals surface area contributed by atoms with Crippen molar-refractivity contribution in [2.75, 3.05) is 0 Å². The molecule has 0 saturated carbocycles. The summed E-state index contributed by atoms with van der Waals surface area (Å²) in [5.41, 5.74) is 0. The molecule has 6 nitrogen and oxygen atoms in total. The minimum Gasteiger partial charge on any atom is -0.480 e. The number of halogens is 3. The molecule has 9 heteroatoms. The Labute approximate surface area is 120 Å². The lowest BCUT2D eigenvalue weighted by Crippen LogP contribution is -2.55. The molecule has 0 aliphatic heterocycles. The van der Waals surface area contributed by atoms with Gasteiger partial charge in [-0.1, -0.05) is 27.2 Å². The number of carboxylic acids is 1. The first-order valence-electron chi connectivity index (χ1n) is 6.41. The number of hydrogen-bond donors (Lipinski definition) is 3. The Balaban J connectivity index is 4.92. The fourth-order valence-electron chi connectivity index (χ4n) is 1.57. The van der Waals surface area contributed by atoms with Gasteiger partial charge in [0.1, 0.15) is 12.1 Å². The van der Waals surface area contributed by atoms with Gasteiger partial charge in [0.05, 0.1) is 0 Å². The van der Waals surface area contributed by atoms with E-state index in [4.69, 9.17) is 5.11 Å². The summed E-state index contributed by atoms with van der Waals surface area (Å²) in [6.45, 7) is 4.58. The Hall–Kier alpha value is -1.80. The van der Waals surface area contributed by atoms with Crippen LogP contribution in [-0.2, 0) is 14.4 Å². The minimum atomic E-state index is -5.11. The second-order valence-corrected chi connectivity index (χ2v) is 4.88.